The van der Waals surface area contributed by atoms with Crippen LogP contribution in [0.2, 0.25) is 0 Å². The van der Waals surface area contributed by atoms with E-state index in [9.17, 15) is 18.4 Å². The Hall–Kier alpha value is -3.62. The number of aryl methyl sites for hydroxylation is 1. The van der Waals surface area contributed by atoms with Crippen molar-refractivity contribution in [3.05, 3.63) is 69.8 Å². The number of nitrogens with zero attached hydrogens (tertiary/aromatic N) is 3. The van der Waals surface area contributed by atoms with E-state index in [0.717, 1.165) is 18.7 Å². The summed E-state index contributed by atoms with van der Waals surface area (Å²) in [5.74, 6) is 0.256. The maximum atomic E-state index is 12.5. The Morgan fingerprint density at radius 1 is 1.23 bits per heavy atom. The quantitative estimate of drug-likeness (QED) is 0.516. The highest BCUT2D eigenvalue weighted by atomic mass is 19.3. The third-order valence-corrected chi connectivity index (χ3v) is 4.88. The lowest BCUT2D eigenvalue weighted by Gasteiger charge is -2.08. The zero-order chi connectivity index (χ0) is 21.3. The molecule has 2 heterocycles. The number of fused-ring (bicyclic) bond motifs is 2. The number of rotatable bonds is 5. The van der Waals surface area contributed by atoms with Crippen LogP contribution in [0, 0.1) is 0 Å². The van der Waals surface area contributed by atoms with Crippen molar-refractivity contribution < 1.29 is 18.3 Å². The average Bonchev–Trinajstić information content (AvgIpc) is 3.20. The van der Waals surface area contributed by atoms with Gasteiger partial charge in [-0.25, -0.2) is 10.4 Å². The molecule has 1 amide bonds. The number of nitrogens with one attached hydrogen (secondary N) is 1. The van der Waals surface area contributed by atoms with Gasteiger partial charge in [-0.15, -0.1) is 0 Å². The normalized spacial score (nSPS) is 13.5. The molecular formula is C21H18F2N4O3. The van der Waals surface area contributed by atoms with Gasteiger partial charge < -0.3 is 4.74 Å². The number of alkyl halides is 2. The Balaban J connectivity index is 1.54. The molecule has 0 radical (unpaired) electrons. The zero-order valence-corrected chi connectivity index (χ0v) is 16.1. The molecule has 154 valence electrons. The summed E-state index contributed by atoms with van der Waals surface area (Å²) in [5.41, 5.74) is 4.06. The molecule has 4 rings (SSSR count). The highest BCUT2D eigenvalue weighted by molar-refractivity contribution is 6.02. The molecule has 0 fully saturated rings. The molecular weight excluding hydrogens is 394 g/mol. The number of carbonyl (C=O) groups excluding carboxylic acids is 1. The van der Waals surface area contributed by atoms with Crippen LogP contribution in [0.25, 0.3) is 10.9 Å². The van der Waals surface area contributed by atoms with Gasteiger partial charge in [-0.05, 0) is 43.7 Å². The van der Waals surface area contributed by atoms with Crippen molar-refractivity contribution in [2.24, 2.45) is 5.10 Å². The molecule has 30 heavy (non-hydrogen) atoms. The first-order chi connectivity index (χ1) is 14.4. The van der Waals surface area contributed by atoms with E-state index in [0.29, 0.717) is 34.3 Å². The molecule has 0 saturated heterocycles. The van der Waals surface area contributed by atoms with Crippen molar-refractivity contribution in [1.82, 2.24) is 15.0 Å². The lowest BCUT2D eigenvalue weighted by atomic mass is 10.1. The number of hydrogen-bond acceptors (Lipinski definition) is 5. The first-order valence-corrected chi connectivity index (χ1v) is 9.36. The monoisotopic (exact) mass is 412 g/mol. The van der Waals surface area contributed by atoms with Crippen LogP contribution >= 0.6 is 0 Å². The largest absolute Gasteiger partial charge is 0.435 e. The van der Waals surface area contributed by atoms with Gasteiger partial charge in [-0.2, -0.15) is 13.9 Å². The van der Waals surface area contributed by atoms with Crippen molar-refractivity contribution in [2.75, 3.05) is 0 Å². The summed E-state index contributed by atoms with van der Waals surface area (Å²) < 4.78 is 30.8. The van der Waals surface area contributed by atoms with Crippen molar-refractivity contribution in [3.8, 4) is 5.75 Å². The maximum absolute atomic E-state index is 12.5. The molecule has 7 nitrogen and oxygen atoms in total. The number of hydrogen-bond donors (Lipinski definition) is 1. The second-order valence-corrected chi connectivity index (χ2v) is 6.86. The van der Waals surface area contributed by atoms with E-state index in [1.807, 2.05) is 0 Å². The summed E-state index contributed by atoms with van der Waals surface area (Å²) in [4.78, 5) is 29.5. The molecule has 0 spiro atoms. The predicted molar refractivity (Wildman–Crippen MR) is 107 cm³/mol. The number of amides is 1. The number of carbonyl (C=O) groups is 1. The summed E-state index contributed by atoms with van der Waals surface area (Å²) in [6.07, 6.45) is 1.61. The van der Waals surface area contributed by atoms with E-state index in [2.05, 4.69) is 20.2 Å². The number of hydrazone groups is 1. The van der Waals surface area contributed by atoms with Gasteiger partial charge in [0.1, 0.15) is 11.6 Å². The first kappa shape index (κ1) is 19.7. The Labute approximate surface area is 170 Å². The fraction of sp³-hybridized carbons (Fsp3) is 0.238. The molecule has 3 aromatic rings. The van der Waals surface area contributed by atoms with Gasteiger partial charge >= 0.3 is 6.61 Å². The van der Waals surface area contributed by atoms with E-state index >= 15 is 0 Å². The Kier molecular flexibility index (Phi) is 5.26. The Morgan fingerprint density at radius 2 is 2.07 bits per heavy atom. The lowest BCUT2D eigenvalue weighted by molar-refractivity contribution is -0.0498. The highest BCUT2D eigenvalue weighted by Gasteiger charge is 2.17. The molecule has 0 bridgehead atoms. The zero-order valence-electron chi connectivity index (χ0n) is 16.1. The molecule has 1 aromatic heterocycles. The molecule has 9 heteroatoms. The Bertz CT molecular complexity index is 1220. The van der Waals surface area contributed by atoms with Crippen LogP contribution in [-0.4, -0.2) is 27.8 Å². The van der Waals surface area contributed by atoms with E-state index < -0.39 is 12.5 Å². The summed E-state index contributed by atoms with van der Waals surface area (Å²) >= 11 is 0. The number of benzene rings is 2. The van der Waals surface area contributed by atoms with Crippen LogP contribution in [0.15, 0.2) is 52.4 Å². The van der Waals surface area contributed by atoms with Crippen LogP contribution in [0.3, 0.4) is 0 Å². The van der Waals surface area contributed by atoms with Gasteiger partial charge in [0.2, 0.25) is 0 Å². The minimum Gasteiger partial charge on any atom is -0.435 e. The number of halogens is 2. The van der Waals surface area contributed by atoms with Crippen molar-refractivity contribution >= 4 is 22.5 Å². The van der Waals surface area contributed by atoms with Gasteiger partial charge in [0.15, 0.2) is 0 Å². The van der Waals surface area contributed by atoms with Crippen LogP contribution < -0.4 is 15.7 Å². The Morgan fingerprint density at radius 3 is 2.87 bits per heavy atom. The minimum absolute atomic E-state index is 0.00259. The average molecular weight is 412 g/mol. The fourth-order valence-electron chi connectivity index (χ4n) is 3.39. The summed E-state index contributed by atoms with van der Waals surface area (Å²) in [6, 6.07) is 10.7. The van der Waals surface area contributed by atoms with Gasteiger partial charge in [0.25, 0.3) is 11.5 Å². The smallest absolute Gasteiger partial charge is 0.387 e. The molecule has 0 saturated carbocycles. The standard InChI is InChI=1S/C21H18F2N4O3/c1-12(13-4-2-5-15(10-13)30-21(22)23)25-26-19(28)14-7-8-16-17(11-14)24-18-6-3-9-27(18)20(16)29/h2,4-5,7-8,10-11,21H,3,6,9H2,1H3,(H,26,28)/b25-12-. The van der Waals surface area contributed by atoms with Crippen LogP contribution in [-0.2, 0) is 13.0 Å². The second kappa shape index (κ2) is 8.02. The van der Waals surface area contributed by atoms with E-state index in [1.54, 1.807) is 41.8 Å². The number of aromatic nitrogens is 2. The van der Waals surface area contributed by atoms with Gasteiger partial charge in [0, 0.05) is 24.1 Å². The maximum Gasteiger partial charge on any atom is 0.387 e. The van der Waals surface area contributed by atoms with Crippen molar-refractivity contribution in [2.45, 2.75) is 32.9 Å². The second-order valence-electron chi connectivity index (χ2n) is 6.86. The topological polar surface area (TPSA) is 85.6 Å². The molecule has 0 atom stereocenters. The van der Waals surface area contributed by atoms with Crippen LogP contribution in [0.1, 0.15) is 35.1 Å². The minimum atomic E-state index is -2.92. The number of ether oxygens (including phenoxy) is 1. The SMILES string of the molecule is C/C(=N/NC(=O)c1ccc2c(=O)n3c(nc2c1)CCC3)c1cccc(OC(F)F)c1. The third-order valence-electron chi connectivity index (χ3n) is 4.88. The molecule has 0 unspecified atom stereocenters. The first-order valence-electron chi connectivity index (χ1n) is 9.36. The summed E-state index contributed by atoms with van der Waals surface area (Å²) in [6.45, 7) is -0.627. The molecule has 2 aromatic carbocycles. The highest BCUT2D eigenvalue weighted by Crippen LogP contribution is 2.18. The van der Waals surface area contributed by atoms with Crippen LogP contribution in [0.4, 0.5) is 8.78 Å². The van der Waals surface area contributed by atoms with Gasteiger partial charge in [-0.1, -0.05) is 12.1 Å². The summed E-state index contributed by atoms with van der Waals surface area (Å²) in [5, 5.41) is 4.50. The lowest BCUT2D eigenvalue weighted by Crippen LogP contribution is -2.22. The third kappa shape index (κ3) is 3.91. The van der Waals surface area contributed by atoms with Gasteiger partial charge in [-0.3, -0.25) is 14.2 Å². The molecule has 0 aliphatic carbocycles. The van der Waals surface area contributed by atoms with Crippen LogP contribution in [0.5, 0.6) is 5.75 Å². The fourth-order valence-corrected chi connectivity index (χ4v) is 3.39. The molecule has 1 N–H and O–H groups in total. The van der Waals surface area contributed by atoms with Crippen molar-refractivity contribution in [1.29, 1.82) is 0 Å². The van der Waals surface area contributed by atoms with E-state index in [4.69, 9.17) is 0 Å². The molecule has 1 aliphatic heterocycles. The summed E-state index contributed by atoms with van der Waals surface area (Å²) in [7, 11) is 0. The van der Waals surface area contributed by atoms with E-state index in [1.165, 1.54) is 12.1 Å². The predicted octanol–water partition coefficient (Wildman–Crippen LogP) is 3.10. The van der Waals surface area contributed by atoms with Gasteiger partial charge in [0.05, 0.1) is 16.6 Å². The molecule has 1 aliphatic rings. The van der Waals surface area contributed by atoms with Crippen molar-refractivity contribution in [3.63, 3.8) is 0 Å². The van der Waals surface area contributed by atoms with E-state index in [-0.39, 0.29) is 11.3 Å².